The van der Waals surface area contributed by atoms with Crippen LogP contribution < -0.4 is 10.6 Å². The highest BCUT2D eigenvalue weighted by molar-refractivity contribution is 7.10. The van der Waals surface area contributed by atoms with E-state index in [0.717, 1.165) is 10.4 Å². The molecule has 1 aromatic carbocycles. The molecule has 1 atom stereocenters. The second kappa shape index (κ2) is 6.44. The van der Waals surface area contributed by atoms with E-state index >= 15 is 0 Å². The number of benzene rings is 1. The van der Waals surface area contributed by atoms with Gasteiger partial charge in [0.05, 0.1) is 11.6 Å². The second-order valence-electron chi connectivity index (χ2n) is 4.73. The zero-order chi connectivity index (χ0) is 15.4. The number of carbonyl (C=O) groups is 2. The van der Waals surface area contributed by atoms with E-state index in [1.807, 2.05) is 47.8 Å². The second-order valence-corrected chi connectivity index (χ2v) is 5.71. The molecular weight excluding hydrogens is 300 g/mol. The summed E-state index contributed by atoms with van der Waals surface area (Å²) in [6, 6.07) is 12.4. The van der Waals surface area contributed by atoms with E-state index in [9.17, 15) is 9.59 Å². The van der Waals surface area contributed by atoms with Crippen molar-refractivity contribution in [2.75, 3.05) is 0 Å². The van der Waals surface area contributed by atoms with Gasteiger partial charge >= 0.3 is 12.0 Å². The molecule has 0 fully saturated rings. The first-order valence-corrected chi connectivity index (χ1v) is 7.63. The fraction of sp³-hybridized carbons (Fsp3) is 0.125. The van der Waals surface area contributed by atoms with Crippen molar-refractivity contribution in [3.8, 4) is 0 Å². The van der Waals surface area contributed by atoms with Gasteiger partial charge in [0.15, 0.2) is 0 Å². The molecule has 6 heteroatoms. The summed E-state index contributed by atoms with van der Waals surface area (Å²) in [5.41, 5.74) is 1.30. The Labute approximate surface area is 131 Å². The summed E-state index contributed by atoms with van der Waals surface area (Å²) in [4.78, 5) is 24.7. The number of amides is 2. The van der Waals surface area contributed by atoms with Gasteiger partial charge in [0.2, 0.25) is 0 Å². The number of rotatable bonds is 4. The number of nitrogens with one attached hydrogen (secondary N) is 2. The molecule has 0 spiro atoms. The Morgan fingerprint density at radius 1 is 1.18 bits per heavy atom. The Morgan fingerprint density at radius 3 is 2.73 bits per heavy atom. The number of urea groups is 1. The van der Waals surface area contributed by atoms with E-state index in [0.29, 0.717) is 5.57 Å². The van der Waals surface area contributed by atoms with Crippen molar-refractivity contribution in [2.45, 2.75) is 12.6 Å². The lowest BCUT2D eigenvalue weighted by Crippen LogP contribution is -2.42. The molecule has 2 heterocycles. The molecule has 1 aliphatic rings. The average Bonchev–Trinajstić information content (AvgIpc) is 3.08. The van der Waals surface area contributed by atoms with E-state index in [-0.39, 0.29) is 12.6 Å². The predicted octanol–water partition coefficient (Wildman–Crippen LogP) is 2.73. The van der Waals surface area contributed by atoms with E-state index < -0.39 is 12.0 Å². The molecule has 1 aliphatic heterocycles. The van der Waals surface area contributed by atoms with E-state index in [4.69, 9.17) is 4.74 Å². The van der Waals surface area contributed by atoms with Gasteiger partial charge in [-0.2, -0.15) is 0 Å². The first kappa shape index (κ1) is 14.3. The molecule has 112 valence electrons. The molecule has 1 aromatic heterocycles. The highest BCUT2D eigenvalue weighted by Gasteiger charge is 2.29. The van der Waals surface area contributed by atoms with E-state index in [1.54, 1.807) is 0 Å². The van der Waals surface area contributed by atoms with Crippen LogP contribution in [-0.2, 0) is 16.1 Å². The highest BCUT2D eigenvalue weighted by atomic mass is 32.1. The zero-order valence-electron chi connectivity index (χ0n) is 11.6. The zero-order valence-corrected chi connectivity index (χ0v) is 12.4. The van der Waals surface area contributed by atoms with E-state index in [1.165, 1.54) is 17.5 Å². The molecule has 3 rings (SSSR count). The Bertz CT molecular complexity index is 695. The van der Waals surface area contributed by atoms with Gasteiger partial charge in [-0.05, 0) is 17.0 Å². The van der Waals surface area contributed by atoms with Crippen molar-refractivity contribution in [1.29, 1.82) is 0 Å². The number of ether oxygens (including phenoxy) is 1. The molecular formula is C16H14N2O3S. The molecule has 1 unspecified atom stereocenters. The molecule has 2 aromatic rings. The van der Waals surface area contributed by atoms with Crippen molar-refractivity contribution in [3.05, 3.63) is 70.1 Å². The van der Waals surface area contributed by atoms with Crippen LogP contribution >= 0.6 is 11.3 Å². The smallest absolute Gasteiger partial charge is 0.338 e. The fourth-order valence-corrected chi connectivity index (χ4v) is 2.93. The minimum atomic E-state index is -0.475. The van der Waals surface area contributed by atoms with Crippen LogP contribution in [0.25, 0.3) is 0 Å². The van der Waals surface area contributed by atoms with E-state index in [2.05, 4.69) is 10.6 Å². The topological polar surface area (TPSA) is 67.4 Å². The molecule has 2 amide bonds. The maximum Gasteiger partial charge on any atom is 0.338 e. The quantitative estimate of drug-likeness (QED) is 0.853. The number of hydrogen-bond acceptors (Lipinski definition) is 4. The van der Waals surface area contributed by atoms with Crippen LogP contribution in [0.4, 0.5) is 4.79 Å². The number of hydrogen-bond donors (Lipinski definition) is 2. The monoisotopic (exact) mass is 314 g/mol. The van der Waals surface area contributed by atoms with Gasteiger partial charge in [-0.1, -0.05) is 36.4 Å². The maximum atomic E-state index is 12.3. The first-order chi connectivity index (χ1) is 10.7. The maximum absolute atomic E-state index is 12.3. The van der Waals surface area contributed by atoms with Crippen molar-refractivity contribution in [3.63, 3.8) is 0 Å². The van der Waals surface area contributed by atoms with Crippen molar-refractivity contribution >= 4 is 23.3 Å². The van der Waals surface area contributed by atoms with Crippen LogP contribution in [-0.4, -0.2) is 12.0 Å². The molecule has 22 heavy (non-hydrogen) atoms. The van der Waals surface area contributed by atoms with Crippen LogP contribution in [0, 0.1) is 0 Å². The van der Waals surface area contributed by atoms with Crippen molar-refractivity contribution < 1.29 is 14.3 Å². The predicted molar refractivity (Wildman–Crippen MR) is 83.0 cm³/mol. The summed E-state index contributed by atoms with van der Waals surface area (Å²) < 4.78 is 5.34. The minimum Gasteiger partial charge on any atom is -0.457 e. The molecule has 0 saturated heterocycles. The molecule has 0 bridgehead atoms. The summed E-state index contributed by atoms with van der Waals surface area (Å²) in [6.07, 6.45) is 1.41. The third-order valence-electron chi connectivity index (χ3n) is 3.22. The van der Waals surface area contributed by atoms with Gasteiger partial charge in [0.1, 0.15) is 6.61 Å². The summed E-state index contributed by atoms with van der Waals surface area (Å²) in [5, 5.41) is 7.13. The largest absolute Gasteiger partial charge is 0.457 e. The summed E-state index contributed by atoms with van der Waals surface area (Å²) in [6.45, 7) is 0.197. The van der Waals surface area contributed by atoms with Gasteiger partial charge in [0.25, 0.3) is 0 Å². The van der Waals surface area contributed by atoms with Crippen LogP contribution in [0.3, 0.4) is 0 Å². The standard InChI is InChI=1S/C16H14N2O3S/c19-15(21-10-11-5-2-1-3-6-11)12-9-17-16(20)18-14(12)13-7-4-8-22-13/h1-9,14H,10H2,(H2,17,18,20). The highest BCUT2D eigenvalue weighted by Crippen LogP contribution is 2.28. The van der Waals surface area contributed by atoms with Gasteiger partial charge in [-0.3, -0.25) is 0 Å². The lowest BCUT2D eigenvalue weighted by atomic mass is 10.1. The third-order valence-corrected chi connectivity index (χ3v) is 4.16. The van der Waals surface area contributed by atoms with Crippen LogP contribution in [0.5, 0.6) is 0 Å². The summed E-state index contributed by atoms with van der Waals surface area (Å²) in [5.74, 6) is -0.449. The lowest BCUT2D eigenvalue weighted by Gasteiger charge is -2.23. The normalized spacial score (nSPS) is 17.2. The number of esters is 1. The Morgan fingerprint density at radius 2 is 2.00 bits per heavy atom. The molecule has 0 radical (unpaired) electrons. The van der Waals surface area contributed by atoms with Crippen molar-refractivity contribution in [1.82, 2.24) is 10.6 Å². The van der Waals surface area contributed by atoms with Gasteiger partial charge in [0, 0.05) is 11.1 Å². The van der Waals surface area contributed by atoms with Gasteiger partial charge in [-0.25, -0.2) is 9.59 Å². The van der Waals surface area contributed by atoms with Crippen LogP contribution in [0.1, 0.15) is 16.5 Å². The summed E-state index contributed by atoms with van der Waals surface area (Å²) in [7, 11) is 0. The van der Waals surface area contributed by atoms with Gasteiger partial charge in [-0.15, -0.1) is 11.3 Å². The lowest BCUT2D eigenvalue weighted by molar-refractivity contribution is -0.140. The number of thiophene rings is 1. The summed E-state index contributed by atoms with van der Waals surface area (Å²) >= 11 is 1.48. The molecule has 5 nitrogen and oxygen atoms in total. The first-order valence-electron chi connectivity index (χ1n) is 6.75. The molecule has 0 aliphatic carbocycles. The molecule has 2 N–H and O–H groups in total. The third kappa shape index (κ3) is 3.17. The van der Waals surface area contributed by atoms with Crippen LogP contribution in [0.2, 0.25) is 0 Å². The van der Waals surface area contributed by atoms with Crippen molar-refractivity contribution in [2.24, 2.45) is 0 Å². The Hall–Kier alpha value is -2.60. The Balaban J connectivity index is 1.73. The van der Waals surface area contributed by atoms with Gasteiger partial charge < -0.3 is 15.4 Å². The SMILES string of the molecule is O=C1NC=C(C(=O)OCc2ccccc2)C(c2cccs2)N1. The average molecular weight is 314 g/mol. The Kier molecular flexibility index (Phi) is 4.20. The number of carbonyl (C=O) groups excluding carboxylic acids is 2. The molecule has 0 saturated carbocycles. The fourth-order valence-electron chi connectivity index (χ4n) is 2.14. The minimum absolute atomic E-state index is 0.197. The van der Waals surface area contributed by atoms with Crippen LogP contribution in [0.15, 0.2) is 59.6 Å².